The number of piperazine rings is 1. The van der Waals surface area contributed by atoms with E-state index in [1.165, 1.54) is 4.90 Å². The lowest BCUT2D eigenvalue weighted by Crippen LogP contribution is -2.47. The zero-order chi connectivity index (χ0) is 19.1. The Balaban J connectivity index is 1.62. The number of anilines is 1. The predicted octanol–water partition coefficient (Wildman–Crippen LogP) is 2.18. The third kappa shape index (κ3) is 3.02. The van der Waals surface area contributed by atoms with Crippen molar-refractivity contribution in [1.82, 2.24) is 9.80 Å². The number of likely N-dealkylation sites (N-methyl/N-ethyl adjacent to an activating group) is 1. The van der Waals surface area contributed by atoms with Crippen LogP contribution in [-0.2, 0) is 0 Å². The van der Waals surface area contributed by atoms with E-state index in [9.17, 15) is 14.4 Å². The summed E-state index contributed by atoms with van der Waals surface area (Å²) in [6, 6.07) is 12.0. The number of carbonyl (C=O) groups excluding carboxylic acids is 3. The topological polar surface area (TPSA) is 60.9 Å². The van der Waals surface area contributed by atoms with Crippen molar-refractivity contribution in [3.8, 4) is 0 Å². The number of benzene rings is 2. The van der Waals surface area contributed by atoms with Gasteiger partial charge < -0.3 is 9.80 Å². The quantitative estimate of drug-likeness (QED) is 0.768. The highest BCUT2D eigenvalue weighted by molar-refractivity contribution is 6.34. The van der Waals surface area contributed by atoms with Crippen LogP contribution in [0.3, 0.4) is 0 Å². The van der Waals surface area contributed by atoms with E-state index in [0.29, 0.717) is 35.5 Å². The van der Waals surface area contributed by atoms with Crippen LogP contribution in [-0.4, -0.2) is 60.7 Å². The van der Waals surface area contributed by atoms with Crippen LogP contribution in [0.4, 0.5) is 5.69 Å². The normalized spacial score (nSPS) is 17.4. The predicted molar refractivity (Wildman–Crippen MR) is 102 cm³/mol. The van der Waals surface area contributed by atoms with Gasteiger partial charge in [-0.05, 0) is 44.3 Å². The van der Waals surface area contributed by atoms with Crippen molar-refractivity contribution >= 4 is 23.4 Å². The summed E-state index contributed by atoms with van der Waals surface area (Å²) in [4.78, 5) is 43.5. The van der Waals surface area contributed by atoms with E-state index in [4.69, 9.17) is 0 Å². The molecule has 138 valence electrons. The SMILES string of the molecule is Cc1ccc(N2C(=O)c3ccc(C(=O)N4CCN(C)CC4)cc3C2=O)cc1. The van der Waals surface area contributed by atoms with Gasteiger partial charge in [-0.15, -0.1) is 0 Å². The van der Waals surface area contributed by atoms with E-state index in [1.54, 1.807) is 35.2 Å². The number of aryl methyl sites for hydroxylation is 1. The lowest BCUT2D eigenvalue weighted by molar-refractivity contribution is 0.0664. The highest BCUT2D eigenvalue weighted by atomic mass is 16.2. The van der Waals surface area contributed by atoms with E-state index in [0.717, 1.165) is 18.7 Å². The zero-order valence-electron chi connectivity index (χ0n) is 15.4. The van der Waals surface area contributed by atoms with Crippen LogP contribution in [0.15, 0.2) is 42.5 Å². The first kappa shape index (κ1) is 17.4. The molecule has 2 aliphatic heterocycles. The maximum Gasteiger partial charge on any atom is 0.266 e. The summed E-state index contributed by atoms with van der Waals surface area (Å²) in [6.45, 7) is 4.93. The molecule has 27 heavy (non-hydrogen) atoms. The van der Waals surface area contributed by atoms with Crippen molar-refractivity contribution in [2.24, 2.45) is 0 Å². The molecule has 0 aromatic heterocycles. The largest absolute Gasteiger partial charge is 0.336 e. The van der Waals surface area contributed by atoms with Gasteiger partial charge in [-0.3, -0.25) is 14.4 Å². The second kappa shape index (κ2) is 6.63. The Hall–Kier alpha value is -2.99. The molecule has 4 rings (SSSR count). The van der Waals surface area contributed by atoms with Crippen molar-refractivity contribution in [3.05, 3.63) is 64.7 Å². The molecule has 0 saturated carbocycles. The molecule has 2 aliphatic rings. The summed E-state index contributed by atoms with van der Waals surface area (Å²) >= 11 is 0. The first-order valence-electron chi connectivity index (χ1n) is 9.03. The average Bonchev–Trinajstić information content (AvgIpc) is 2.93. The van der Waals surface area contributed by atoms with Crippen LogP contribution < -0.4 is 4.90 Å². The molecular weight excluding hydrogens is 342 g/mol. The minimum atomic E-state index is -0.383. The maximum atomic E-state index is 12.9. The number of carbonyl (C=O) groups is 3. The summed E-state index contributed by atoms with van der Waals surface area (Å²) < 4.78 is 0. The fraction of sp³-hybridized carbons (Fsp3) is 0.286. The van der Waals surface area contributed by atoms with Gasteiger partial charge in [0.25, 0.3) is 17.7 Å². The van der Waals surface area contributed by atoms with Gasteiger partial charge in [0.2, 0.25) is 0 Å². The molecule has 1 saturated heterocycles. The van der Waals surface area contributed by atoms with Crippen LogP contribution in [0.5, 0.6) is 0 Å². The Morgan fingerprint density at radius 3 is 2.15 bits per heavy atom. The second-order valence-corrected chi connectivity index (χ2v) is 7.14. The molecule has 0 atom stereocenters. The molecule has 6 heteroatoms. The van der Waals surface area contributed by atoms with Crippen molar-refractivity contribution in [3.63, 3.8) is 0 Å². The van der Waals surface area contributed by atoms with Gasteiger partial charge in [0.1, 0.15) is 0 Å². The molecule has 3 amide bonds. The van der Waals surface area contributed by atoms with Crippen LogP contribution in [0.1, 0.15) is 36.6 Å². The molecule has 2 aromatic carbocycles. The van der Waals surface area contributed by atoms with Gasteiger partial charge >= 0.3 is 0 Å². The van der Waals surface area contributed by atoms with Crippen molar-refractivity contribution in [1.29, 1.82) is 0 Å². The first-order valence-corrected chi connectivity index (χ1v) is 9.03. The molecule has 2 heterocycles. The van der Waals surface area contributed by atoms with Crippen LogP contribution in [0.2, 0.25) is 0 Å². The third-order valence-corrected chi connectivity index (χ3v) is 5.22. The Morgan fingerprint density at radius 1 is 0.852 bits per heavy atom. The highest BCUT2D eigenvalue weighted by Gasteiger charge is 2.37. The number of imide groups is 1. The molecule has 0 spiro atoms. The molecule has 0 N–H and O–H groups in total. The number of nitrogens with zero attached hydrogens (tertiary/aromatic N) is 3. The second-order valence-electron chi connectivity index (χ2n) is 7.14. The fourth-order valence-corrected chi connectivity index (χ4v) is 3.49. The molecular formula is C21H21N3O3. The molecule has 2 aromatic rings. The van der Waals surface area contributed by atoms with Gasteiger partial charge in [0, 0.05) is 31.7 Å². The molecule has 0 unspecified atom stereocenters. The smallest absolute Gasteiger partial charge is 0.266 e. The number of amides is 3. The van der Waals surface area contributed by atoms with Crippen molar-refractivity contribution < 1.29 is 14.4 Å². The first-order chi connectivity index (χ1) is 13.0. The summed E-state index contributed by atoms with van der Waals surface area (Å²) in [6.07, 6.45) is 0. The lowest BCUT2D eigenvalue weighted by atomic mass is 10.0. The standard InChI is InChI=1S/C21H21N3O3/c1-14-3-6-16(7-4-14)24-20(26)17-8-5-15(13-18(17)21(24)27)19(25)23-11-9-22(2)10-12-23/h3-8,13H,9-12H2,1-2H3. The van der Waals surface area contributed by atoms with Crippen LogP contribution >= 0.6 is 0 Å². The van der Waals surface area contributed by atoms with Crippen molar-refractivity contribution in [2.45, 2.75) is 6.92 Å². The van der Waals surface area contributed by atoms with Crippen LogP contribution in [0, 0.1) is 6.92 Å². The monoisotopic (exact) mass is 363 g/mol. The van der Waals surface area contributed by atoms with Gasteiger partial charge in [0.05, 0.1) is 16.8 Å². The number of hydrogen-bond donors (Lipinski definition) is 0. The Kier molecular flexibility index (Phi) is 4.28. The fourth-order valence-electron chi connectivity index (χ4n) is 3.49. The minimum absolute atomic E-state index is 0.0973. The van der Waals surface area contributed by atoms with Gasteiger partial charge in [0.15, 0.2) is 0 Å². The molecule has 1 fully saturated rings. The van der Waals surface area contributed by atoms with Gasteiger partial charge in [-0.2, -0.15) is 0 Å². The van der Waals surface area contributed by atoms with E-state index in [2.05, 4.69) is 4.90 Å². The molecule has 0 aliphatic carbocycles. The number of fused-ring (bicyclic) bond motifs is 1. The molecule has 0 bridgehead atoms. The van der Waals surface area contributed by atoms with E-state index in [-0.39, 0.29) is 17.7 Å². The summed E-state index contributed by atoms with van der Waals surface area (Å²) in [5, 5.41) is 0. The summed E-state index contributed by atoms with van der Waals surface area (Å²) in [5.74, 6) is -0.829. The van der Waals surface area contributed by atoms with E-state index >= 15 is 0 Å². The maximum absolute atomic E-state index is 12.9. The van der Waals surface area contributed by atoms with Gasteiger partial charge in [-0.25, -0.2) is 4.90 Å². The van der Waals surface area contributed by atoms with Gasteiger partial charge in [-0.1, -0.05) is 17.7 Å². The average molecular weight is 363 g/mol. The molecule has 0 radical (unpaired) electrons. The Morgan fingerprint density at radius 2 is 1.48 bits per heavy atom. The van der Waals surface area contributed by atoms with Crippen molar-refractivity contribution in [2.75, 3.05) is 38.1 Å². The minimum Gasteiger partial charge on any atom is -0.336 e. The summed E-state index contributed by atoms with van der Waals surface area (Å²) in [7, 11) is 2.03. The Labute approximate surface area is 158 Å². The van der Waals surface area contributed by atoms with E-state index < -0.39 is 0 Å². The number of hydrogen-bond acceptors (Lipinski definition) is 4. The lowest BCUT2D eigenvalue weighted by Gasteiger charge is -2.32. The van der Waals surface area contributed by atoms with Crippen LogP contribution in [0.25, 0.3) is 0 Å². The highest BCUT2D eigenvalue weighted by Crippen LogP contribution is 2.29. The zero-order valence-corrected chi connectivity index (χ0v) is 15.4. The molecule has 6 nitrogen and oxygen atoms in total. The number of rotatable bonds is 2. The summed E-state index contributed by atoms with van der Waals surface area (Å²) in [5.41, 5.74) is 2.68. The third-order valence-electron chi connectivity index (χ3n) is 5.22. The van der Waals surface area contributed by atoms with E-state index in [1.807, 2.05) is 26.1 Å². The Bertz CT molecular complexity index is 928.